The van der Waals surface area contributed by atoms with Crippen LogP contribution in [0.1, 0.15) is 0 Å². The molecule has 0 aromatic heterocycles. The fourth-order valence-corrected chi connectivity index (χ4v) is 3.18. The molecule has 0 saturated carbocycles. The van der Waals surface area contributed by atoms with Crippen molar-refractivity contribution in [2.24, 2.45) is 0 Å². The molecule has 1 rings (SSSR count). The molecule has 4 N–H and O–H groups in total. The molecule has 1 unspecified atom stereocenters. The van der Waals surface area contributed by atoms with Crippen molar-refractivity contribution in [1.29, 1.82) is 0 Å². The summed E-state index contributed by atoms with van der Waals surface area (Å²) in [6.07, 6.45) is -0.862. The number of sulfonamides is 1. The van der Waals surface area contributed by atoms with Gasteiger partial charge in [-0.05, 0) is 18.2 Å². The van der Waals surface area contributed by atoms with Gasteiger partial charge in [-0.2, -0.15) is 0 Å². The van der Waals surface area contributed by atoms with Crippen molar-refractivity contribution in [2.45, 2.75) is 15.9 Å². The average molecular weight is 306 g/mol. The summed E-state index contributed by atoms with van der Waals surface area (Å²) >= 11 is 1.20. The molecular weight excluding hydrogens is 288 g/mol. The molecule has 0 fully saturated rings. The molecule has 19 heavy (non-hydrogen) atoms. The van der Waals surface area contributed by atoms with Gasteiger partial charge in [0.15, 0.2) is 0 Å². The van der Waals surface area contributed by atoms with Gasteiger partial charge in [0.05, 0.1) is 17.6 Å². The maximum Gasteiger partial charge on any atom is 0.242 e. The van der Waals surface area contributed by atoms with Gasteiger partial charge in [0, 0.05) is 30.4 Å². The number of anilines is 1. The van der Waals surface area contributed by atoms with E-state index in [-0.39, 0.29) is 17.3 Å². The Morgan fingerprint density at radius 3 is 2.58 bits per heavy atom. The van der Waals surface area contributed by atoms with Crippen LogP contribution in [0.4, 0.5) is 5.69 Å². The van der Waals surface area contributed by atoms with Crippen molar-refractivity contribution >= 4 is 27.5 Å². The second kappa shape index (κ2) is 6.58. The Hall–Kier alpha value is -0.800. The molecule has 0 radical (unpaired) electrons. The van der Waals surface area contributed by atoms with Crippen LogP contribution in [0.2, 0.25) is 0 Å². The Morgan fingerprint density at radius 1 is 1.42 bits per heavy atom. The third-order valence-corrected chi connectivity index (χ3v) is 5.43. The second-order valence-corrected chi connectivity index (χ2v) is 7.35. The van der Waals surface area contributed by atoms with Crippen molar-refractivity contribution in [2.75, 3.05) is 32.2 Å². The van der Waals surface area contributed by atoms with Gasteiger partial charge in [0.25, 0.3) is 0 Å². The Labute approximate surface area is 117 Å². The molecule has 6 nitrogen and oxygen atoms in total. The van der Waals surface area contributed by atoms with Crippen molar-refractivity contribution in [1.82, 2.24) is 4.31 Å². The number of hydrogen-bond acceptors (Lipinski definition) is 6. The van der Waals surface area contributed by atoms with E-state index in [1.54, 1.807) is 0 Å². The van der Waals surface area contributed by atoms with Gasteiger partial charge in [0.1, 0.15) is 0 Å². The van der Waals surface area contributed by atoms with Crippen LogP contribution in [-0.4, -0.2) is 55.5 Å². The number of benzene rings is 1. The topological polar surface area (TPSA) is 104 Å². The fraction of sp³-hybridized carbons (Fsp3) is 0.455. The molecule has 108 valence electrons. The molecule has 0 spiro atoms. The van der Waals surface area contributed by atoms with E-state index in [1.165, 1.54) is 44.1 Å². The molecule has 0 aliphatic heterocycles. The van der Waals surface area contributed by atoms with Crippen molar-refractivity contribution in [3.63, 3.8) is 0 Å². The number of nitrogens with two attached hydrogens (primary N) is 1. The van der Waals surface area contributed by atoms with Crippen LogP contribution in [0, 0.1) is 0 Å². The summed E-state index contributed by atoms with van der Waals surface area (Å²) in [5.41, 5.74) is 6.20. The zero-order valence-electron chi connectivity index (χ0n) is 10.8. The molecule has 1 aromatic carbocycles. The van der Waals surface area contributed by atoms with E-state index in [2.05, 4.69) is 0 Å². The standard InChI is InChI=1S/C11H18N2O4S2/c1-13(2)19(16,17)9-3-4-10(12)11(5-9)18-7-8(15)6-14/h3-5,8,14-15H,6-7,12H2,1-2H3. The molecule has 1 aromatic rings. The quantitative estimate of drug-likeness (QED) is 0.503. The second-order valence-electron chi connectivity index (χ2n) is 4.13. The van der Waals surface area contributed by atoms with Crippen LogP contribution in [0.15, 0.2) is 28.0 Å². The van der Waals surface area contributed by atoms with E-state index >= 15 is 0 Å². The highest BCUT2D eigenvalue weighted by molar-refractivity contribution is 7.99. The maximum atomic E-state index is 12.0. The van der Waals surface area contributed by atoms with Crippen molar-refractivity contribution < 1.29 is 18.6 Å². The third-order valence-electron chi connectivity index (χ3n) is 2.41. The minimum atomic E-state index is -3.51. The smallest absolute Gasteiger partial charge is 0.242 e. The minimum Gasteiger partial charge on any atom is -0.398 e. The predicted molar refractivity (Wildman–Crippen MR) is 75.5 cm³/mol. The zero-order valence-corrected chi connectivity index (χ0v) is 12.4. The average Bonchev–Trinajstić information content (AvgIpc) is 2.36. The highest BCUT2D eigenvalue weighted by Gasteiger charge is 2.18. The van der Waals surface area contributed by atoms with E-state index in [1.807, 2.05) is 0 Å². The molecule has 0 amide bonds. The maximum absolute atomic E-state index is 12.0. The normalized spacial score (nSPS) is 13.7. The number of thioether (sulfide) groups is 1. The molecular formula is C11H18N2O4S2. The molecule has 1 atom stereocenters. The Kier molecular flexibility index (Phi) is 5.63. The highest BCUT2D eigenvalue weighted by atomic mass is 32.2. The van der Waals surface area contributed by atoms with Gasteiger partial charge in [-0.25, -0.2) is 12.7 Å². The summed E-state index contributed by atoms with van der Waals surface area (Å²) in [7, 11) is -0.603. The summed E-state index contributed by atoms with van der Waals surface area (Å²) in [4.78, 5) is 0.711. The van der Waals surface area contributed by atoms with E-state index < -0.39 is 16.1 Å². The van der Waals surface area contributed by atoms with Gasteiger partial charge in [-0.3, -0.25) is 0 Å². The van der Waals surface area contributed by atoms with Gasteiger partial charge < -0.3 is 15.9 Å². The SMILES string of the molecule is CN(C)S(=O)(=O)c1ccc(N)c(SCC(O)CO)c1. The lowest BCUT2D eigenvalue weighted by atomic mass is 10.3. The summed E-state index contributed by atoms with van der Waals surface area (Å²) in [5.74, 6) is 0.242. The van der Waals surface area contributed by atoms with Crippen molar-refractivity contribution in [3.05, 3.63) is 18.2 Å². The van der Waals surface area contributed by atoms with E-state index in [0.29, 0.717) is 10.6 Å². The summed E-state index contributed by atoms with van der Waals surface area (Å²) in [5, 5.41) is 18.0. The number of nitrogens with zero attached hydrogens (tertiary/aromatic N) is 1. The van der Waals surface area contributed by atoms with Crippen LogP contribution in [-0.2, 0) is 10.0 Å². The molecule has 0 heterocycles. The predicted octanol–water partition coefficient (Wildman–Crippen LogP) is -0.0356. The first-order valence-corrected chi connectivity index (χ1v) is 7.95. The molecule has 8 heteroatoms. The summed E-state index contributed by atoms with van der Waals surface area (Å²) in [6.45, 7) is -0.345. The first-order chi connectivity index (χ1) is 8.78. The molecule has 0 aliphatic rings. The highest BCUT2D eigenvalue weighted by Crippen LogP contribution is 2.29. The number of hydrogen-bond donors (Lipinski definition) is 3. The Balaban J connectivity index is 3.01. The monoisotopic (exact) mass is 306 g/mol. The van der Waals surface area contributed by atoms with Gasteiger partial charge in [0.2, 0.25) is 10.0 Å². The minimum absolute atomic E-state index is 0.146. The number of aliphatic hydroxyl groups excluding tert-OH is 2. The van der Waals surface area contributed by atoms with Crippen LogP contribution in [0.3, 0.4) is 0 Å². The van der Waals surface area contributed by atoms with E-state index in [9.17, 15) is 13.5 Å². The molecule has 0 aliphatic carbocycles. The largest absolute Gasteiger partial charge is 0.398 e. The Morgan fingerprint density at radius 2 is 2.05 bits per heavy atom. The number of aliphatic hydroxyl groups is 2. The van der Waals surface area contributed by atoms with Crippen LogP contribution in [0.25, 0.3) is 0 Å². The zero-order chi connectivity index (χ0) is 14.6. The van der Waals surface area contributed by atoms with Crippen LogP contribution < -0.4 is 5.73 Å². The molecule has 0 saturated heterocycles. The van der Waals surface area contributed by atoms with Crippen LogP contribution in [0.5, 0.6) is 0 Å². The Bertz CT molecular complexity index is 531. The van der Waals surface area contributed by atoms with Crippen LogP contribution >= 0.6 is 11.8 Å². The van der Waals surface area contributed by atoms with E-state index in [4.69, 9.17) is 10.8 Å². The first-order valence-electron chi connectivity index (χ1n) is 5.52. The molecule has 0 bridgehead atoms. The number of rotatable bonds is 6. The summed E-state index contributed by atoms with van der Waals surface area (Å²) < 4.78 is 25.1. The first kappa shape index (κ1) is 16.3. The third kappa shape index (κ3) is 4.08. The van der Waals surface area contributed by atoms with Gasteiger partial charge >= 0.3 is 0 Å². The fourth-order valence-electron chi connectivity index (χ4n) is 1.25. The van der Waals surface area contributed by atoms with Crippen molar-refractivity contribution in [3.8, 4) is 0 Å². The number of nitrogen functional groups attached to an aromatic ring is 1. The van der Waals surface area contributed by atoms with Gasteiger partial charge in [-0.1, -0.05) is 0 Å². The van der Waals surface area contributed by atoms with E-state index in [0.717, 1.165) is 4.31 Å². The lowest BCUT2D eigenvalue weighted by Crippen LogP contribution is -2.22. The lowest BCUT2D eigenvalue weighted by molar-refractivity contribution is 0.113. The lowest BCUT2D eigenvalue weighted by Gasteiger charge is -2.14. The van der Waals surface area contributed by atoms with Gasteiger partial charge in [-0.15, -0.1) is 11.8 Å². The summed E-state index contributed by atoms with van der Waals surface area (Å²) in [6, 6.07) is 4.43.